The molecule has 0 amide bonds. The molecule has 0 aromatic heterocycles. The Balaban J connectivity index is -0.0000000150. The van der Waals surface area contributed by atoms with Gasteiger partial charge in [-0.25, -0.2) is 0 Å². The molecule has 0 rings (SSSR count). The minimum Gasteiger partial charge on any atom is -1.00 e. The summed E-state index contributed by atoms with van der Waals surface area (Å²) < 4.78 is 0. The van der Waals surface area contributed by atoms with Gasteiger partial charge in [-0.15, -0.1) is 17.4 Å². The summed E-state index contributed by atoms with van der Waals surface area (Å²) in [6.45, 7) is 0. The van der Waals surface area contributed by atoms with Crippen LogP contribution in [0.25, 0.3) is 0 Å². The maximum Gasteiger partial charge on any atom is 2.00 e. The second-order valence-corrected chi connectivity index (χ2v) is 5.20. The van der Waals surface area contributed by atoms with E-state index in [-0.39, 0.29) is 62.0 Å². The molecule has 0 spiro atoms. The zero-order valence-electron chi connectivity index (χ0n) is 5.04. The average molecular weight is 167 g/mol. The fourth-order valence-corrected chi connectivity index (χ4v) is 0. The molecule has 0 aromatic carbocycles. The summed E-state index contributed by atoms with van der Waals surface area (Å²) in [4.78, 5) is 0. The maximum absolute atomic E-state index is 2.31. The zero-order chi connectivity index (χ0) is 3.58. The number of hydrogen-bond acceptors (Lipinski definition) is 0. The first-order valence-corrected chi connectivity index (χ1v) is 5.20. The standard InChI is InChI=1S/3CH3.Al.2ClH.Mg/h3*1H3;;2*1H;/q;;;;;;+2/p-2. The quantitative estimate of drug-likeness (QED) is 0.317. The van der Waals surface area contributed by atoms with Gasteiger partial charge in [0.2, 0.25) is 0 Å². The van der Waals surface area contributed by atoms with E-state index in [4.69, 9.17) is 0 Å². The molecule has 0 aliphatic heterocycles. The molecule has 4 heteroatoms. The molecule has 0 N–H and O–H groups in total. The fourth-order valence-electron chi connectivity index (χ4n) is 0. The van der Waals surface area contributed by atoms with Crippen molar-refractivity contribution in [3.63, 3.8) is 0 Å². The normalized spacial score (nSPS) is 3.86. The van der Waals surface area contributed by atoms with Gasteiger partial charge in [-0.3, -0.25) is 0 Å². The number of halogens is 2. The molecule has 40 valence electrons. The molecule has 0 nitrogen and oxygen atoms in total. The van der Waals surface area contributed by atoms with E-state index in [9.17, 15) is 0 Å². The van der Waals surface area contributed by atoms with E-state index < -0.39 is 0 Å². The first kappa shape index (κ1) is 23.2. The molecular weight excluding hydrogens is 158 g/mol. The van der Waals surface area contributed by atoms with Crippen LogP contribution in [-0.4, -0.2) is 37.2 Å². The molecule has 0 radical (unpaired) electrons. The predicted octanol–water partition coefficient (Wildman–Crippen LogP) is -5.00. The Morgan fingerprint density at radius 2 is 0.857 bits per heavy atom. The van der Waals surface area contributed by atoms with Gasteiger partial charge in [0.15, 0.2) is 0 Å². The largest absolute Gasteiger partial charge is 2.00 e. The van der Waals surface area contributed by atoms with Crippen LogP contribution >= 0.6 is 0 Å². The summed E-state index contributed by atoms with van der Waals surface area (Å²) in [6, 6.07) is 0. The van der Waals surface area contributed by atoms with Crippen LogP contribution in [0, 0.1) is 0 Å². The molecule has 0 unspecified atom stereocenters. The van der Waals surface area contributed by atoms with Gasteiger partial charge in [-0.2, -0.15) is 0 Å². The molecule has 0 atom stereocenters. The van der Waals surface area contributed by atoms with Crippen molar-refractivity contribution in [3.8, 4) is 0 Å². The third kappa shape index (κ3) is 77.1. The van der Waals surface area contributed by atoms with Crippen molar-refractivity contribution < 1.29 is 24.8 Å². The molecule has 0 saturated carbocycles. The molecule has 0 heterocycles. The molecule has 0 aliphatic carbocycles. The van der Waals surface area contributed by atoms with Crippen LogP contribution in [0.4, 0.5) is 0 Å². The smallest absolute Gasteiger partial charge is 1.00 e. The van der Waals surface area contributed by atoms with Crippen LogP contribution in [0.5, 0.6) is 0 Å². The van der Waals surface area contributed by atoms with Crippen molar-refractivity contribution in [1.82, 2.24) is 0 Å². The zero-order valence-corrected chi connectivity index (χ0v) is 9.12. The van der Waals surface area contributed by atoms with Crippen molar-refractivity contribution in [1.29, 1.82) is 0 Å². The van der Waals surface area contributed by atoms with Crippen LogP contribution in [-0.2, 0) is 0 Å². The van der Waals surface area contributed by atoms with E-state index in [2.05, 4.69) is 17.4 Å². The molecule has 0 bridgehead atoms. The first-order valence-electron chi connectivity index (χ1n) is 1.73. The van der Waals surface area contributed by atoms with E-state index >= 15 is 0 Å². The van der Waals surface area contributed by atoms with Crippen LogP contribution in [0.1, 0.15) is 0 Å². The summed E-state index contributed by atoms with van der Waals surface area (Å²) in [5, 5.41) is 0. The second kappa shape index (κ2) is 15.7. The Morgan fingerprint density at radius 3 is 0.857 bits per heavy atom. The summed E-state index contributed by atoms with van der Waals surface area (Å²) in [5.74, 6) is 6.92. The van der Waals surface area contributed by atoms with Crippen molar-refractivity contribution >= 4 is 37.2 Å². The minimum atomic E-state index is -0.139. The van der Waals surface area contributed by atoms with Gasteiger partial charge >= 0.3 is 23.1 Å². The summed E-state index contributed by atoms with van der Waals surface area (Å²) in [7, 11) is 0. The SMILES string of the molecule is [CH3][Al]([CH3])[CH3].[Cl-].[Cl-].[Mg+2]. The number of hydrogen-bond donors (Lipinski definition) is 0. The van der Waals surface area contributed by atoms with Gasteiger partial charge in [-0.1, -0.05) is 0 Å². The van der Waals surface area contributed by atoms with Crippen molar-refractivity contribution in [3.05, 3.63) is 0 Å². The van der Waals surface area contributed by atoms with Crippen molar-refractivity contribution in [2.75, 3.05) is 0 Å². The Kier molecular flexibility index (Phi) is 51.8. The average Bonchev–Trinajstić information content (AvgIpc) is 0.811. The van der Waals surface area contributed by atoms with Crippen molar-refractivity contribution in [2.45, 2.75) is 17.4 Å². The van der Waals surface area contributed by atoms with E-state index in [1.54, 1.807) is 0 Å². The topological polar surface area (TPSA) is 0 Å². The number of rotatable bonds is 0. The molecule has 0 saturated heterocycles. The molecule has 0 fully saturated rings. The van der Waals surface area contributed by atoms with Gasteiger partial charge in [0.05, 0.1) is 0 Å². The van der Waals surface area contributed by atoms with Crippen LogP contribution < -0.4 is 24.8 Å². The minimum absolute atomic E-state index is 0. The Morgan fingerprint density at radius 1 is 0.857 bits per heavy atom. The fraction of sp³-hybridized carbons (Fsp3) is 1.00. The summed E-state index contributed by atoms with van der Waals surface area (Å²) >= 11 is -0.139. The second-order valence-electron chi connectivity index (χ2n) is 1.73. The van der Waals surface area contributed by atoms with Crippen molar-refractivity contribution in [2.24, 2.45) is 0 Å². The molecule has 0 aromatic rings. The van der Waals surface area contributed by atoms with Crippen LogP contribution in [0.3, 0.4) is 0 Å². The molecule has 0 aliphatic rings. The molecular formula is C3H9AlCl2Mg. The van der Waals surface area contributed by atoms with Gasteiger partial charge in [-0.05, 0) is 0 Å². The van der Waals surface area contributed by atoms with E-state index in [1.165, 1.54) is 0 Å². The third-order valence-corrected chi connectivity index (χ3v) is 0. The van der Waals surface area contributed by atoms with E-state index in [0.29, 0.717) is 0 Å². The molecule has 7 heavy (non-hydrogen) atoms. The monoisotopic (exact) mass is 166 g/mol. The Labute approximate surface area is 78.8 Å². The van der Waals surface area contributed by atoms with Gasteiger partial charge in [0, 0.05) is 0 Å². The van der Waals surface area contributed by atoms with Gasteiger partial charge in [0.25, 0.3) is 14.1 Å². The van der Waals surface area contributed by atoms with E-state index in [0.717, 1.165) is 0 Å². The predicted molar refractivity (Wildman–Crippen MR) is 29.1 cm³/mol. The Bertz CT molecular complexity index is 17.7. The summed E-state index contributed by atoms with van der Waals surface area (Å²) in [5.41, 5.74) is 0. The van der Waals surface area contributed by atoms with Crippen LogP contribution in [0.2, 0.25) is 17.4 Å². The van der Waals surface area contributed by atoms with E-state index in [1.807, 2.05) is 0 Å². The first-order chi connectivity index (χ1) is 1.73. The maximum atomic E-state index is 2.31. The Hall–Kier alpha value is 1.88. The summed E-state index contributed by atoms with van der Waals surface area (Å²) in [6.07, 6.45) is 0. The van der Waals surface area contributed by atoms with Gasteiger partial charge < -0.3 is 24.8 Å². The third-order valence-electron chi connectivity index (χ3n) is 0. The van der Waals surface area contributed by atoms with Gasteiger partial charge in [0.1, 0.15) is 0 Å². The van der Waals surface area contributed by atoms with Crippen LogP contribution in [0.15, 0.2) is 0 Å².